The van der Waals surface area contributed by atoms with E-state index in [1.54, 1.807) is 14.1 Å². The number of ether oxygens (including phenoxy) is 1. The zero-order valence-electron chi connectivity index (χ0n) is 11.3. The molecule has 0 fully saturated rings. The maximum Gasteiger partial charge on any atom is 0.328 e. The number of carbonyl (C=O) groups is 2. The van der Waals surface area contributed by atoms with Crippen LogP contribution in [0.15, 0.2) is 24.3 Å². The van der Waals surface area contributed by atoms with Crippen LogP contribution >= 0.6 is 0 Å². The van der Waals surface area contributed by atoms with E-state index in [2.05, 4.69) is 0 Å². The van der Waals surface area contributed by atoms with Gasteiger partial charge in [-0.2, -0.15) is 0 Å². The van der Waals surface area contributed by atoms with Crippen molar-refractivity contribution in [1.82, 2.24) is 4.90 Å². The number of aliphatic carboxylic acids is 1. The van der Waals surface area contributed by atoms with Crippen molar-refractivity contribution in [2.75, 3.05) is 20.7 Å². The van der Waals surface area contributed by atoms with E-state index in [1.165, 1.54) is 29.2 Å². The molecule has 0 aromatic heterocycles. The van der Waals surface area contributed by atoms with E-state index in [4.69, 9.17) is 9.84 Å². The van der Waals surface area contributed by atoms with E-state index in [9.17, 15) is 14.0 Å². The lowest BCUT2D eigenvalue weighted by Gasteiger charge is -2.12. The van der Waals surface area contributed by atoms with Gasteiger partial charge in [0, 0.05) is 25.7 Å². The van der Waals surface area contributed by atoms with Crippen LogP contribution in [-0.4, -0.2) is 42.6 Å². The van der Waals surface area contributed by atoms with Crippen LogP contribution in [0, 0.1) is 5.82 Å². The highest BCUT2D eigenvalue weighted by Gasteiger charge is 2.07. The van der Waals surface area contributed by atoms with Crippen molar-refractivity contribution in [1.29, 1.82) is 0 Å². The zero-order valence-corrected chi connectivity index (χ0v) is 11.3. The first-order chi connectivity index (χ1) is 9.40. The van der Waals surface area contributed by atoms with Crippen molar-refractivity contribution < 1.29 is 23.8 Å². The second-order valence-corrected chi connectivity index (χ2v) is 4.24. The number of carboxylic acid groups (broad SMARTS) is 1. The summed E-state index contributed by atoms with van der Waals surface area (Å²) in [7, 11) is 3.28. The monoisotopic (exact) mass is 281 g/mol. The van der Waals surface area contributed by atoms with Crippen molar-refractivity contribution in [3.8, 4) is 5.75 Å². The largest absolute Gasteiger partial charge is 0.492 e. The summed E-state index contributed by atoms with van der Waals surface area (Å²) in [6, 6.07) is 3.78. The average molecular weight is 281 g/mol. The van der Waals surface area contributed by atoms with Gasteiger partial charge in [0.25, 0.3) is 0 Å². The Bertz CT molecular complexity index is 526. The van der Waals surface area contributed by atoms with Crippen molar-refractivity contribution in [2.45, 2.75) is 6.42 Å². The molecule has 1 N–H and O–H groups in total. The van der Waals surface area contributed by atoms with Gasteiger partial charge in [0.2, 0.25) is 5.91 Å². The number of halogens is 1. The van der Waals surface area contributed by atoms with Gasteiger partial charge in [0.1, 0.15) is 11.6 Å². The molecule has 0 atom stereocenters. The fourth-order valence-electron chi connectivity index (χ4n) is 1.41. The molecule has 0 unspecified atom stereocenters. The molecule has 1 rings (SSSR count). The number of rotatable bonds is 6. The number of amides is 1. The smallest absolute Gasteiger partial charge is 0.328 e. The molecule has 108 valence electrons. The lowest BCUT2D eigenvalue weighted by molar-refractivity contribution is -0.131. The Morgan fingerprint density at radius 3 is 2.70 bits per heavy atom. The predicted molar refractivity (Wildman–Crippen MR) is 71.9 cm³/mol. The van der Waals surface area contributed by atoms with Crippen LogP contribution < -0.4 is 4.74 Å². The highest BCUT2D eigenvalue weighted by molar-refractivity contribution is 5.85. The summed E-state index contributed by atoms with van der Waals surface area (Å²) in [4.78, 5) is 23.3. The topological polar surface area (TPSA) is 66.8 Å². The van der Waals surface area contributed by atoms with Crippen LogP contribution in [0.3, 0.4) is 0 Å². The Balaban J connectivity index is 2.74. The third-order valence-electron chi connectivity index (χ3n) is 2.45. The molecule has 1 amide bonds. The van der Waals surface area contributed by atoms with Gasteiger partial charge in [0.05, 0.1) is 13.0 Å². The minimum Gasteiger partial charge on any atom is -0.492 e. The maximum absolute atomic E-state index is 13.1. The number of nitrogens with zero attached hydrogens (tertiary/aromatic N) is 1. The highest BCUT2D eigenvalue weighted by Crippen LogP contribution is 2.21. The summed E-state index contributed by atoms with van der Waals surface area (Å²) in [5, 5.41) is 8.57. The fourth-order valence-corrected chi connectivity index (χ4v) is 1.41. The summed E-state index contributed by atoms with van der Waals surface area (Å²) in [5.41, 5.74) is 0.310. The molecule has 20 heavy (non-hydrogen) atoms. The zero-order chi connectivity index (χ0) is 15.1. The Morgan fingerprint density at radius 2 is 2.10 bits per heavy atom. The molecule has 0 spiro atoms. The highest BCUT2D eigenvalue weighted by atomic mass is 19.1. The molecule has 0 aliphatic rings. The second-order valence-electron chi connectivity index (χ2n) is 4.24. The third-order valence-corrected chi connectivity index (χ3v) is 2.45. The van der Waals surface area contributed by atoms with Crippen molar-refractivity contribution in [3.05, 3.63) is 35.7 Å². The fraction of sp³-hybridized carbons (Fsp3) is 0.286. The Labute approximate surface area is 116 Å². The van der Waals surface area contributed by atoms with E-state index in [-0.39, 0.29) is 18.9 Å². The number of hydrogen-bond acceptors (Lipinski definition) is 3. The molecular formula is C14H16FNO4. The first kappa shape index (κ1) is 15.7. The normalized spacial score (nSPS) is 10.6. The van der Waals surface area contributed by atoms with E-state index in [0.717, 1.165) is 6.08 Å². The quantitative estimate of drug-likeness (QED) is 0.807. The molecule has 0 aliphatic carbocycles. The lowest BCUT2D eigenvalue weighted by atomic mass is 10.2. The van der Waals surface area contributed by atoms with Gasteiger partial charge < -0.3 is 14.7 Å². The molecule has 1 aromatic rings. The molecule has 0 heterocycles. The van der Waals surface area contributed by atoms with Gasteiger partial charge in [-0.1, -0.05) is 0 Å². The number of hydrogen-bond donors (Lipinski definition) is 1. The molecule has 0 saturated heterocycles. The summed E-state index contributed by atoms with van der Waals surface area (Å²) in [6.45, 7) is 0.135. The molecule has 1 aromatic carbocycles. The van der Waals surface area contributed by atoms with Crippen LogP contribution in [0.5, 0.6) is 5.75 Å². The average Bonchev–Trinajstić information content (AvgIpc) is 2.38. The first-order valence-electron chi connectivity index (χ1n) is 5.93. The van der Waals surface area contributed by atoms with E-state index >= 15 is 0 Å². The van der Waals surface area contributed by atoms with Crippen LogP contribution in [0.4, 0.5) is 4.39 Å². The van der Waals surface area contributed by atoms with Gasteiger partial charge in [-0.25, -0.2) is 9.18 Å². The van der Waals surface area contributed by atoms with Crippen molar-refractivity contribution in [2.24, 2.45) is 0 Å². The van der Waals surface area contributed by atoms with Gasteiger partial charge in [0.15, 0.2) is 0 Å². The van der Waals surface area contributed by atoms with Crippen LogP contribution in [-0.2, 0) is 9.59 Å². The summed E-state index contributed by atoms with van der Waals surface area (Å²) < 4.78 is 18.5. The standard InChI is InChI=1S/C14H16FNO4/c1-16(2)13(17)7-8-20-12-5-4-11(15)9-10(12)3-6-14(18)19/h3-6,9H,7-8H2,1-2H3,(H,18,19)/b6-3+. The van der Waals surface area contributed by atoms with E-state index in [0.29, 0.717) is 11.3 Å². The summed E-state index contributed by atoms with van der Waals surface area (Å²) >= 11 is 0. The minimum atomic E-state index is -1.14. The van der Waals surface area contributed by atoms with E-state index in [1.807, 2.05) is 0 Å². The number of benzene rings is 1. The first-order valence-corrected chi connectivity index (χ1v) is 5.93. The van der Waals surface area contributed by atoms with Gasteiger partial charge in [-0.05, 0) is 24.3 Å². The molecule has 6 heteroatoms. The lowest BCUT2D eigenvalue weighted by Crippen LogP contribution is -2.23. The molecule has 0 radical (unpaired) electrons. The third kappa shape index (κ3) is 5.09. The van der Waals surface area contributed by atoms with Crippen molar-refractivity contribution in [3.63, 3.8) is 0 Å². The van der Waals surface area contributed by atoms with Crippen LogP contribution in [0.1, 0.15) is 12.0 Å². The predicted octanol–water partition coefficient (Wildman–Crippen LogP) is 1.78. The Kier molecular flexibility index (Phi) is 5.71. The van der Waals surface area contributed by atoms with Gasteiger partial charge in [-0.15, -0.1) is 0 Å². The van der Waals surface area contributed by atoms with E-state index < -0.39 is 11.8 Å². The van der Waals surface area contributed by atoms with Gasteiger partial charge >= 0.3 is 5.97 Å². The second kappa shape index (κ2) is 7.28. The molecule has 0 bridgehead atoms. The van der Waals surface area contributed by atoms with Crippen LogP contribution in [0.2, 0.25) is 0 Å². The Hall–Kier alpha value is -2.37. The van der Waals surface area contributed by atoms with Crippen LogP contribution in [0.25, 0.3) is 6.08 Å². The summed E-state index contributed by atoms with van der Waals surface area (Å²) in [5.74, 6) is -1.39. The molecule has 0 saturated carbocycles. The Morgan fingerprint density at radius 1 is 1.40 bits per heavy atom. The number of carbonyl (C=O) groups excluding carboxylic acids is 1. The molecule has 0 aliphatic heterocycles. The molecule has 5 nitrogen and oxygen atoms in total. The summed E-state index contributed by atoms with van der Waals surface area (Å²) in [6.07, 6.45) is 2.33. The molecular weight excluding hydrogens is 265 g/mol. The number of carboxylic acids is 1. The van der Waals surface area contributed by atoms with Gasteiger partial charge in [-0.3, -0.25) is 4.79 Å². The minimum absolute atomic E-state index is 0.0882. The maximum atomic E-state index is 13.1. The van der Waals surface area contributed by atoms with Crippen molar-refractivity contribution >= 4 is 18.0 Å². The SMILES string of the molecule is CN(C)C(=O)CCOc1ccc(F)cc1/C=C/C(=O)O.